The quantitative estimate of drug-likeness (QED) is 0.324. The number of para-hydroxylation sites is 1. The number of furan rings is 1. The van der Waals surface area contributed by atoms with E-state index in [1.807, 2.05) is 42.5 Å². The highest BCUT2D eigenvalue weighted by molar-refractivity contribution is 6.10. The van der Waals surface area contributed by atoms with Crippen LogP contribution in [-0.4, -0.2) is 4.98 Å². The molecule has 29 heavy (non-hydrogen) atoms. The van der Waals surface area contributed by atoms with Crippen LogP contribution in [0.3, 0.4) is 0 Å². The highest BCUT2D eigenvalue weighted by Crippen LogP contribution is 2.39. The topological polar surface area (TPSA) is 26.0 Å². The van der Waals surface area contributed by atoms with Gasteiger partial charge in [-0.1, -0.05) is 48.5 Å². The fraction of sp³-hybridized carbons (Fsp3) is 0.148. The maximum absolute atomic E-state index is 8.64. The highest BCUT2D eigenvalue weighted by Gasteiger charge is 2.19. The van der Waals surface area contributed by atoms with Gasteiger partial charge < -0.3 is 4.42 Å². The molecule has 1 aliphatic rings. The summed E-state index contributed by atoms with van der Waals surface area (Å²) in [5, 5.41) is 1.91. The molecule has 0 N–H and O–H groups in total. The van der Waals surface area contributed by atoms with Gasteiger partial charge in [-0.2, -0.15) is 0 Å². The number of fused-ring (bicyclic) bond motifs is 4. The SMILES string of the molecule is [2H]C1([2H])CCC([2H])([2H])c2c1ccnc2-c1cccc2c1oc1cc(-c3ccccc3)ccc12. The Bertz CT molecular complexity index is 1520. The fourth-order valence-corrected chi connectivity index (χ4v) is 4.17. The molecule has 140 valence electrons. The number of pyridine rings is 1. The molecule has 0 saturated heterocycles. The monoisotopic (exact) mass is 379 g/mol. The van der Waals surface area contributed by atoms with Crippen molar-refractivity contribution in [1.29, 1.82) is 0 Å². The lowest BCUT2D eigenvalue weighted by atomic mass is 9.89. The van der Waals surface area contributed by atoms with Crippen molar-refractivity contribution < 1.29 is 9.90 Å². The minimum Gasteiger partial charge on any atom is -0.455 e. The molecule has 1 aliphatic carbocycles. The highest BCUT2D eigenvalue weighted by atomic mass is 16.3. The number of aryl methyl sites for hydroxylation is 1. The molecule has 2 aromatic heterocycles. The van der Waals surface area contributed by atoms with Crippen molar-refractivity contribution in [3.05, 3.63) is 90.1 Å². The molecule has 6 rings (SSSR count). The molecule has 2 heteroatoms. The molecule has 0 spiro atoms. The zero-order valence-electron chi connectivity index (χ0n) is 19.8. The first kappa shape index (κ1) is 12.9. The van der Waals surface area contributed by atoms with Crippen molar-refractivity contribution in [2.75, 3.05) is 0 Å². The molecule has 0 aliphatic heterocycles. The predicted octanol–water partition coefficient (Wildman–Crippen LogP) is 7.19. The normalized spacial score (nSPS) is 19.2. The number of hydrogen-bond donors (Lipinski definition) is 0. The van der Waals surface area contributed by atoms with Crippen molar-refractivity contribution in [3.8, 4) is 22.4 Å². The van der Waals surface area contributed by atoms with E-state index in [0.29, 0.717) is 28.0 Å². The van der Waals surface area contributed by atoms with Gasteiger partial charge in [0.25, 0.3) is 0 Å². The average Bonchev–Trinajstić information content (AvgIpc) is 3.20. The summed E-state index contributed by atoms with van der Waals surface area (Å²) in [4.78, 5) is 4.54. The Hall–Kier alpha value is -3.39. The maximum atomic E-state index is 8.64. The zero-order chi connectivity index (χ0) is 22.8. The van der Waals surface area contributed by atoms with Gasteiger partial charge in [-0.15, -0.1) is 0 Å². The van der Waals surface area contributed by atoms with Gasteiger partial charge in [0.2, 0.25) is 0 Å². The third-order valence-electron chi connectivity index (χ3n) is 5.55. The molecular formula is C27H21NO. The van der Waals surface area contributed by atoms with Gasteiger partial charge in [0, 0.05) is 28.0 Å². The molecule has 0 radical (unpaired) electrons. The predicted molar refractivity (Wildman–Crippen MR) is 119 cm³/mol. The van der Waals surface area contributed by atoms with E-state index in [2.05, 4.69) is 29.2 Å². The number of rotatable bonds is 2. The molecule has 0 unspecified atom stereocenters. The zero-order valence-corrected chi connectivity index (χ0v) is 15.8. The molecule has 0 fully saturated rings. The fourth-order valence-electron chi connectivity index (χ4n) is 4.17. The Morgan fingerprint density at radius 2 is 1.69 bits per heavy atom. The lowest BCUT2D eigenvalue weighted by Gasteiger charge is -2.18. The lowest BCUT2D eigenvalue weighted by Crippen LogP contribution is -2.05. The summed E-state index contributed by atoms with van der Waals surface area (Å²) in [6, 6.07) is 23.7. The third-order valence-corrected chi connectivity index (χ3v) is 5.55. The summed E-state index contributed by atoms with van der Waals surface area (Å²) in [6.07, 6.45) is -1.43. The smallest absolute Gasteiger partial charge is 0.144 e. The van der Waals surface area contributed by atoms with E-state index in [0.717, 1.165) is 27.5 Å². The molecule has 0 saturated carbocycles. The maximum Gasteiger partial charge on any atom is 0.144 e. The summed E-state index contributed by atoms with van der Waals surface area (Å²) in [7, 11) is 0. The minimum absolute atomic E-state index is 0.113. The van der Waals surface area contributed by atoms with Crippen molar-refractivity contribution in [2.24, 2.45) is 0 Å². The van der Waals surface area contributed by atoms with Gasteiger partial charge in [-0.3, -0.25) is 4.98 Å². The minimum atomic E-state index is -1.67. The third kappa shape index (κ3) is 2.67. The molecule has 5 aromatic rings. The van der Waals surface area contributed by atoms with Crippen LogP contribution >= 0.6 is 0 Å². The molecule has 0 bridgehead atoms. The van der Waals surface area contributed by atoms with Crippen LogP contribution in [0.25, 0.3) is 44.3 Å². The summed E-state index contributed by atoms with van der Waals surface area (Å²) in [5.41, 5.74) is 5.40. The molecule has 0 amide bonds. The molecular weight excluding hydrogens is 354 g/mol. The van der Waals surface area contributed by atoms with E-state index in [9.17, 15) is 0 Å². The summed E-state index contributed by atoms with van der Waals surface area (Å²) in [6.45, 7) is 0. The van der Waals surface area contributed by atoms with Gasteiger partial charge in [0.1, 0.15) is 11.2 Å². The Kier molecular flexibility index (Phi) is 2.94. The van der Waals surface area contributed by atoms with Gasteiger partial charge in [-0.05, 0) is 72.1 Å². The van der Waals surface area contributed by atoms with Gasteiger partial charge in [0.05, 0.1) is 5.69 Å². The van der Waals surface area contributed by atoms with Crippen LogP contribution in [-0.2, 0) is 12.7 Å². The summed E-state index contributed by atoms with van der Waals surface area (Å²) >= 11 is 0. The van der Waals surface area contributed by atoms with Crippen molar-refractivity contribution >= 4 is 21.9 Å². The van der Waals surface area contributed by atoms with E-state index in [1.54, 1.807) is 12.3 Å². The van der Waals surface area contributed by atoms with Gasteiger partial charge in [-0.25, -0.2) is 0 Å². The van der Waals surface area contributed by atoms with Crippen LogP contribution < -0.4 is 0 Å². The van der Waals surface area contributed by atoms with E-state index < -0.39 is 12.7 Å². The molecule has 3 aromatic carbocycles. The Morgan fingerprint density at radius 3 is 2.62 bits per heavy atom. The first-order valence-electron chi connectivity index (χ1n) is 11.9. The second-order valence-corrected chi connectivity index (χ2v) is 7.30. The van der Waals surface area contributed by atoms with E-state index in [-0.39, 0.29) is 12.8 Å². The summed E-state index contributed by atoms with van der Waals surface area (Å²) in [5.74, 6) is 0. The van der Waals surface area contributed by atoms with Crippen LogP contribution in [0.15, 0.2) is 83.4 Å². The Labute approximate surface area is 175 Å². The average molecular weight is 379 g/mol. The molecule has 0 atom stereocenters. The second kappa shape index (κ2) is 6.59. The van der Waals surface area contributed by atoms with Crippen LogP contribution in [0, 0.1) is 0 Å². The number of benzene rings is 3. The molecule has 2 heterocycles. The Balaban J connectivity index is 1.61. The van der Waals surface area contributed by atoms with Crippen LogP contribution in [0.4, 0.5) is 0 Å². The summed E-state index contributed by atoms with van der Waals surface area (Å²) < 4.78 is 40.5. The number of aromatic nitrogens is 1. The Morgan fingerprint density at radius 1 is 0.793 bits per heavy atom. The largest absolute Gasteiger partial charge is 0.455 e. The lowest BCUT2D eigenvalue weighted by molar-refractivity contribution is 0.668. The first-order valence-corrected chi connectivity index (χ1v) is 9.86. The standard InChI is InChI=1S/C27H21NO/c1-2-7-18(8-3-1)20-13-14-22-23-11-6-12-24(27(23)29-25(22)17-20)26-21-10-5-4-9-19(21)15-16-28-26/h1-3,6-8,11-17H,4-5,9-10H2/i9D2,10D2. The van der Waals surface area contributed by atoms with Crippen LogP contribution in [0.1, 0.15) is 29.5 Å². The van der Waals surface area contributed by atoms with E-state index in [1.165, 1.54) is 0 Å². The number of hydrogen-bond acceptors (Lipinski definition) is 2. The van der Waals surface area contributed by atoms with Gasteiger partial charge in [0.15, 0.2) is 0 Å². The second-order valence-electron chi connectivity index (χ2n) is 7.30. The van der Waals surface area contributed by atoms with Crippen LogP contribution in [0.5, 0.6) is 0 Å². The van der Waals surface area contributed by atoms with Crippen molar-refractivity contribution in [1.82, 2.24) is 4.98 Å². The molecule has 2 nitrogen and oxygen atoms in total. The first-order chi connectivity index (χ1) is 15.9. The van der Waals surface area contributed by atoms with Crippen LogP contribution in [0.2, 0.25) is 0 Å². The van der Waals surface area contributed by atoms with E-state index >= 15 is 0 Å². The van der Waals surface area contributed by atoms with Gasteiger partial charge >= 0.3 is 0 Å². The van der Waals surface area contributed by atoms with Crippen molar-refractivity contribution in [3.63, 3.8) is 0 Å². The van der Waals surface area contributed by atoms with E-state index in [4.69, 9.17) is 9.90 Å². The number of nitrogens with zero attached hydrogens (tertiary/aromatic N) is 1. The van der Waals surface area contributed by atoms with Crippen molar-refractivity contribution in [2.45, 2.75) is 25.6 Å².